The number of carbonyl (C=O) groups is 1. The van der Waals surface area contributed by atoms with Crippen LogP contribution in [0.3, 0.4) is 0 Å². The number of carboxylic acid groups (broad SMARTS) is 1. The van der Waals surface area contributed by atoms with E-state index >= 15 is 4.39 Å². The molecule has 0 saturated carbocycles. The van der Waals surface area contributed by atoms with Crippen molar-refractivity contribution < 1.29 is 27.4 Å². The number of rotatable bonds is 10. The summed E-state index contributed by atoms with van der Waals surface area (Å²) in [5.74, 6) is -1.28. The molecule has 0 aliphatic heterocycles. The maximum Gasteiger partial charge on any atom is 0.344 e. The number of ether oxygens (including phenoxy) is 1. The molecule has 9 heteroatoms. The summed E-state index contributed by atoms with van der Waals surface area (Å²) in [7, 11) is -4.06. The molecule has 0 heterocycles. The molecule has 198 valence electrons. The van der Waals surface area contributed by atoms with Gasteiger partial charge in [0.1, 0.15) is 11.6 Å². The number of anilines is 1. The molecule has 0 aliphatic carbocycles. The molecule has 0 saturated heterocycles. The Hall–Kier alpha value is -3.10. The topological polar surface area (TPSA) is 83.9 Å². The van der Waals surface area contributed by atoms with Gasteiger partial charge in [0.05, 0.1) is 10.6 Å². The van der Waals surface area contributed by atoms with Crippen LogP contribution in [0.25, 0.3) is 11.1 Å². The van der Waals surface area contributed by atoms with Gasteiger partial charge >= 0.3 is 5.97 Å². The lowest BCUT2D eigenvalue weighted by atomic mass is 10.0. The highest BCUT2D eigenvalue weighted by molar-refractivity contribution is 7.92. The predicted molar refractivity (Wildman–Crippen MR) is 145 cm³/mol. The van der Waals surface area contributed by atoms with Crippen molar-refractivity contribution in [1.29, 1.82) is 0 Å². The van der Waals surface area contributed by atoms with Crippen LogP contribution in [0.1, 0.15) is 43.4 Å². The highest BCUT2D eigenvalue weighted by Crippen LogP contribution is 2.36. The number of sulfonamides is 1. The molecule has 6 nitrogen and oxygen atoms in total. The van der Waals surface area contributed by atoms with E-state index in [2.05, 4.69) is 0 Å². The molecule has 37 heavy (non-hydrogen) atoms. The molecule has 0 radical (unpaired) electrons. The first kappa shape index (κ1) is 28.5. The Morgan fingerprint density at radius 3 is 2.32 bits per heavy atom. The minimum absolute atomic E-state index is 0.0770. The molecule has 3 aromatic carbocycles. The summed E-state index contributed by atoms with van der Waals surface area (Å²) < 4.78 is 50.0. The molecular formula is C28H31ClFNO5S. The number of halogens is 2. The van der Waals surface area contributed by atoms with Crippen molar-refractivity contribution in [3.8, 4) is 16.9 Å². The van der Waals surface area contributed by atoms with Gasteiger partial charge in [-0.1, -0.05) is 37.1 Å². The minimum Gasteiger partial charge on any atom is -0.479 e. The summed E-state index contributed by atoms with van der Waals surface area (Å²) >= 11 is 5.99. The minimum atomic E-state index is -4.06. The van der Waals surface area contributed by atoms with Crippen LogP contribution in [0.2, 0.25) is 5.02 Å². The van der Waals surface area contributed by atoms with Gasteiger partial charge in [0.25, 0.3) is 10.0 Å². The monoisotopic (exact) mass is 547 g/mol. The maximum absolute atomic E-state index is 15.0. The van der Waals surface area contributed by atoms with Gasteiger partial charge in [-0.15, -0.1) is 0 Å². The zero-order chi connectivity index (χ0) is 27.5. The van der Waals surface area contributed by atoms with Crippen LogP contribution >= 0.6 is 11.6 Å². The average molecular weight is 548 g/mol. The molecule has 1 unspecified atom stereocenters. The van der Waals surface area contributed by atoms with Crippen LogP contribution in [0.4, 0.5) is 10.1 Å². The molecule has 0 bridgehead atoms. The maximum atomic E-state index is 15.0. The molecule has 3 aromatic rings. The van der Waals surface area contributed by atoms with E-state index in [1.54, 1.807) is 51.1 Å². The van der Waals surface area contributed by atoms with Gasteiger partial charge in [-0.05, 0) is 92.8 Å². The largest absolute Gasteiger partial charge is 0.479 e. The first-order valence-electron chi connectivity index (χ1n) is 12.0. The summed E-state index contributed by atoms with van der Waals surface area (Å²) in [6.07, 6.45) is 0.269. The van der Waals surface area contributed by atoms with Crippen molar-refractivity contribution in [3.63, 3.8) is 0 Å². The number of hydrogen-bond donors (Lipinski definition) is 1. The van der Waals surface area contributed by atoms with Gasteiger partial charge in [-0.25, -0.2) is 17.6 Å². The van der Waals surface area contributed by atoms with Gasteiger partial charge in [0.2, 0.25) is 0 Å². The van der Waals surface area contributed by atoms with Crippen LogP contribution in [0, 0.1) is 26.6 Å². The molecule has 1 atom stereocenters. The number of unbranched alkanes of at least 4 members (excludes halogenated alkanes) is 1. The van der Waals surface area contributed by atoms with E-state index in [1.807, 2.05) is 6.92 Å². The van der Waals surface area contributed by atoms with Gasteiger partial charge in [-0.3, -0.25) is 4.31 Å². The lowest BCUT2D eigenvalue weighted by molar-refractivity contribution is -0.144. The van der Waals surface area contributed by atoms with E-state index < -0.39 is 27.9 Å². The third-order valence-corrected chi connectivity index (χ3v) is 8.54. The van der Waals surface area contributed by atoms with E-state index in [1.165, 1.54) is 29.4 Å². The highest BCUT2D eigenvalue weighted by Gasteiger charge is 2.30. The second-order valence-corrected chi connectivity index (χ2v) is 11.2. The fraction of sp³-hybridized carbons (Fsp3) is 0.321. The van der Waals surface area contributed by atoms with Crippen LogP contribution in [-0.2, 0) is 14.8 Å². The fourth-order valence-corrected chi connectivity index (χ4v) is 5.96. The number of aliphatic carboxylic acids is 1. The number of aryl methyl sites for hydroxylation is 1. The summed E-state index contributed by atoms with van der Waals surface area (Å²) in [5.41, 5.74) is 2.71. The number of benzene rings is 3. The summed E-state index contributed by atoms with van der Waals surface area (Å²) in [4.78, 5) is 11.3. The van der Waals surface area contributed by atoms with Gasteiger partial charge < -0.3 is 9.84 Å². The van der Waals surface area contributed by atoms with Crippen molar-refractivity contribution in [3.05, 3.63) is 76.1 Å². The molecule has 0 aliphatic rings. The Labute approximate surface area is 222 Å². The molecule has 0 spiro atoms. The van der Waals surface area contributed by atoms with Crippen LogP contribution < -0.4 is 9.04 Å². The Morgan fingerprint density at radius 2 is 1.73 bits per heavy atom. The standard InChI is InChI=1S/C28H31ClFNO5S/c1-6-7-14-31(25-16-23(24(30)15-17(25)2)21-8-10-22(29)11-9-21)37(34,35)27-13-12-26(18(3)19(27)4)36-20(5)28(32)33/h8-13,15-16,20H,6-7,14H2,1-5H3,(H,32,33). The first-order valence-corrected chi connectivity index (χ1v) is 13.8. The predicted octanol–water partition coefficient (Wildman–Crippen LogP) is 6.92. The first-order chi connectivity index (χ1) is 17.4. The van der Waals surface area contributed by atoms with Gasteiger partial charge in [0, 0.05) is 17.1 Å². The van der Waals surface area contributed by atoms with Crippen molar-refractivity contribution in [1.82, 2.24) is 0 Å². The second-order valence-electron chi connectivity index (χ2n) is 8.97. The molecule has 1 N–H and O–H groups in total. The number of carboxylic acids is 1. The molecule has 0 aromatic heterocycles. The van der Waals surface area contributed by atoms with Gasteiger partial charge in [0.15, 0.2) is 6.10 Å². The SMILES string of the molecule is CCCCN(c1cc(-c2ccc(Cl)cc2)c(F)cc1C)S(=O)(=O)c1ccc(OC(C)C(=O)O)c(C)c1C. The van der Waals surface area contributed by atoms with Crippen LogP contribution in [0.15, 0.2) is 53.4 Å². The lowest BCUT2D eigenvalue weighted by Gasteiger charge is -2.28. The van der Waals surface area contributed by atoms with Crippen molar-refractivity contribution >= 4 is 33.3 Å². The van der Waals surface area contributed by atoms with E-state index in [-0.39, 0.29) is 17.0 Å². The molecular weight excluding hydrogens is 517 g/mol. The molecule has 0 amide bonds. The quantitative estimate of drug-likeness (QED) is 0.298. The zero-order valence-corrected chi connectivity index (χ0v) is 23.1. The highest BCUT2D eigenvalue weighted by atomic mass is 35.5. The average Bonchev–Trinajstić information content (AvgIpc) is 2.83. The summed E-state index contributed by atoms with van der Waals surface area (Å²) in [6, 6.07) is 12.5. The zero-order valence-electron chi connectivity index (χ0n) is 21.5. The summed E-state index contributed by atoms with van der Waals surface area (Å²) in [6.45, 7) is 8.61. The third kappa shape index (κ3) is 6.08. The Morgan fingerprint density at radius 1 is 1.08 bits per heavy atom. The Bertz CT molecular complexity index is 1410. The number of nitrogens with zero attached hydrogens (tertiary/aromatic N) is 1. The van der Waals surface area contributed by atoms with E-state index in [0.717, 1.165) is 6.42 Å². The van der Waals surface area contributed by atoms with E-state index in [4.69, 9.17) is 16.3 Å². The Balaban J connectivity index is 2.14. The van der Waals surface area contributed by atoms with Crippen LogP contribution in [0.5, 0.6) is 5.75 Å². The van der Waals surface area contributed by atoms with E-state index in [0.29, 0.717) is 45.1 Å². The van der Waals surface area contributed by atoms with Crippen molar-refractivity contribution in [2.45, 2.75) is 58.5 Å². The number of hydrogen-bond acceptors (Lipinski definition) is 4. The molecule has 3 rings (SSSR count). The summed E-state index contributed by atoms with van der Waals surface area (Å²) in [5, 5.41) is 9.69. The Kier molecular flexibility index (Phi) is 8.87. The normalized spacial score (nSPS) is 12.3. The fourth-order valence-electron chi connectivity index (χ4n) is 3.99. The van der Waals surface area contributed by atoms with E-state index in [9.17, 15) is 18.3 Å². The third-order valence-electron chi connectivity index (χ3n) is 6.33. The van der Waals surface area contributed by atoms with Crippen molar-refractivity contribution in [2.24, 2.45) is 0 Å². The second kappa shape index (κ2) is 11.5. The van der Waals surface area contributed by atoms with Gasteiger partial charge in [-0.2, -0.15) is 0 Å². The lowest BCUT2D eigenvalue weighted by Crippen LogP contribution is -2.33. The van der Waals surface area contributed by atoms with Crippen molar-refractivity contribution in [2.75, 3.05) is 10.8 Å². The smallest absolute Gasteiger partial charge is 0.344 e. The van der Waals surface area contributed by atoms with Crippen LogP contribution in [-0.4, -0.2) is 32.1 Å². The molecule has 0 fully saturated rings.